The maximum Gasteiger partial charge on any atom is 0.191 e. The van der Waals surface area contributed by atoms with Gasteiger partial charge in [0.2, 0.25) is 0 Å². The third kappa shape index (κ3) is 5.93. The van der Waals surface area contributed by atoms with Crippen molar-refractivity contribution in [2.75, 3.05) is 14.2 Å². The zero-order valence-electron chi connectivity index (χ0n) is 18.0. The van der Waals surface area contributed by atoms with Gasteiger partial charge in [0, 0.05) is 38.7 Å². The Morgan fingerprint density at radius 1 is 1.31 bits per heavy atom. The zero-order valence-corrected chi connectivity index (χ0v) is 18.0. The number of para-hydroxylation sites is 1. The highest BCUT2D eigenvalue weighted by Crippen LogP contribution is 2.22. The van der Waals surface area contributed by atoms with Crippen molar-refractivity contribution in [2.45, 2.75) is 65.0 Å². The molecule has 0 aliphatic carbocycles. The molecule has 8 nitrogen and oxygen atoms in total. The van der Waals surface area contributed by atoms with Gasteiger partial charge in [0.05, 0.1) is 6.54 Å². The van der Waals surface area contributed by atoms with Gasteiger partial charge in [-0.25, -0.2) is 9.67 Å². The lowest BCUT2D eigenvalue weighted by molar-refractivity contribution is 0.129. The maximum absolute atomic E-state index is 6.08. The fourth-order valence-electron chi connectivity index (χ4n) is 3.31. The summed E-state index contributed by atoms with van der Waals surface area (Å²) in [5.41, 5.74) is 0.853. The Labute approximate surface area is 172 Å². The average Bonchev–Trinajstić information content (AvgIpc) is 3.07. The van der Waals surface area contributed by atoms with Crippen LogP contribution in [-0.4, -0.2) is 46.5 Å². The molecule has 0 fully saturated rings. The van der Waals surface area contributed by atoms with E-state index in [0.717, 1.165) is 48.3 Å². The second-order valence-electron chi connectivity index (χ2n) is 8.19. The van der Waals surface area contributed by atoms with Crippen LogP contribution in [0.25, 0.3) is 0 Å². The minimum absolute atomic E-state index is 0.241. The number of benzene rings is 1. The molecule has 1 aliphatic rings. The Bertz CT molecular complexity index is 840. The quantitative estimate of drug-likeness (QED) is 0.572. The van der Waals surface area contributed by atoms with Gasteiger partial charge in [0.15, 0.2) is 11.8 Å². The van der Waals surface area contributed by atoms with E-state index in [-0.39, 0.29) is 11.6 Å². The Hall–Kier alpha value is -2.61. The minimum atomic E-state index is -0.241. The van der Waals surface area contributed by atoms with Crippen LogP contribution in [0, 0.1) is 0 Å². The Kier molecular flexibility index (Phi) is 6.74. The van der Waals surface area contributed by atoms with Gasteiger partial charge in [-0.1, -0.05) is 18.2 Å². The van der Waals surface area contributed by atoms with Gasteiger partial charge in [-0.3, -0.25) is 4.99 Å². The molecule has 1 aliphatic heterocycles. The lowest BCUT2D eigenvalue weighted by Gasteiger charge is -2.26. The van der Waals surface area contributed by atoms with E-state index >= 15 is 0 Å². The van der Waals surface area contributed by atoms with Crippen molar-refractivity contribution >= 4 is 5.96 Å². The number of hydrogen-bond acceptors (Lipinski definition) is 5. The third-order valence-corrected chi connectivity index (χ3v) is 4.57. The number of fused-ring (bicyclic) bond motifs is 1. The van der Waals surface area contributed by atoms with Gasteiger partial charge < -0.3 is 20.1 Å². The summed E-state index contributed by atoms with van der Waals surface area (Å²) in [7, 11) is 3.44. The smallest absolute Gasteiger partial charge is 0.191 e. The largest absolute Gasteiger partial charge is 0.488 e. The second-order valence-corrected chi connectivity index (χ2v) is 8.19. The molecule has 2 N–H and O–H groups in total. The van der Waals surface area contributed by atoms with E-state index in [0.29, 0.717) is 13.2 Å². The highest BCUT2D eigenvalue weighted by molar-refractivity contribution is 5.80. The van der Waals surface area contributed by atoms with Crippen LogP contribution in [0.3, 0.4) is 0 Å². The van der Waals surface area contributed by atoms with Gasteiger partial charge in [0.1, 0.15) is 23.8 Å². The van der Waals surface area contributed by atoms with Crippen LogP contribution in [0.15, 0.2) is 29.3 Å². The van der Waals surface area contributed by atoms with E-state index in [1.54, 1.807) is 14.2 Å². The number of aliphatic imine (C=N–C) groups is 1. The standard InChI is InChI=1S/C21H32N6O2/c1-21(2,3)29-17-9-7-6-8-15(17)12-23-20(22-4)24-16-10-11-19-25-18(14-28-5)26-27(19)13-16/h6-9,16H,10-14H2,1-5H3,(H2,22,23,24). The van der Waals surface area contributed by atoms with Crippen molar-refractivity contribution in [3.05, 3.63) is 41.5 Å². The number of nitrogens with one attached hydrogen (secondary N) is 2. The molecule has 8 heteroatoms. The number of aryl methyl sites for hydroxylation is 1. The molecule has 0 saturated heterocycles. The first-order chi connectivity index (χ1) is 13.9. The molecule has 1 aromatic heterocycles. The van der Waals surface area contributed by atoms with Gasteiger partial charge >= 0.3 is 0 Å². The van der Waals surface area contributed by atoms with Gasteiger partial charge in [-0.2, -0.15) is 5.10 Å². The average molecular weight is 401 g/mol. The number of nitrogens with zero attached hydrogens (tertiary/aromatic N) is 4. The summed E-state index contributed by atoms with van der Waals surface area (Å²) in [5, 5.41) is 11.4. The molecule has 2 aromatic rings. The van der Waals surface area contributed by atoms with Gasteiger partial charge in [-0.05, 0) is 33.3 Å². The monoisotopic (exact) mass is 400 g/mol. The second kappa shape index (κ2) is 9.26. The van der Waals surface area contributed by atoms with Crippen molar-refractivity contribution in [2.24, 2.45) is 4.99 Å². The van der Waals surface area contributed by atoms with Crippen LogP contribution >= 0.6 is 0 Å². The molecule has 1 aromatic carbocycles. The van der Waals surface area contributed by atoms with Crippen LogP contribution in [-0.2, 0) is 30.9 Å². The number of rotatable bonds is 6. The van der Waals surface area contributed by atoms with Crippen LogP contribution in [0.4, 0.5) is 0 Å². The summed E-state index contributed by atoms with van der Waals surface area (Å²) in [5.74, 6) is 3.41. The highest BCUT2D eigenvalue weighted by Gasteiger charge is 2.22. The first-order valence-electron chi connectivity index (χ1n) is 10.0. The molecule has 3 rings (SSSR count). The molecule has 158 valence electrons. The molecule has 0 radical (unpaired) electrons. The number of methoxy groups -OCH3 is 1. The third-order valence-electron chi connectivity index (χ3n) is 4.57. The van der Waals surface area contributed by atoms with Crippen molar-refractivity contribution in [1.82, 2.24) is 25.4 Å². The number of ether oxygens (including phenoxy) is 2. The Morgan fingerprint density at radius 2 is 2.10 bits per heavy atom. The molecule has 2 heterocycles. The molecule has 29 heavy (non-hydrogen) atoms. The first kappa shape index (κ1) is 21.1. The minimum Gasteiger partial charge on any atom is -0.488 e. The van der Waals surface area contributed by atoms with E-state index in [9.17, 15) is 0 Å². The lowest BCUT2D eigenvalue weighted by Crippen LogP contribution is -2.46. The van der Waals surface area contributed by atoms with E-state index < -0.39 is 0 Å². The van der Waals surface area contributed by atoms with E-state index in [1.165, 1.54) is 0 Å². The van der Waals surface area contributed by atoms with Crippen molar-refractivity contribution < 1.29 is 9.47 Å². The molecule has 0 saturated carbocycles. The zero-order chi connectivity index (χ0) is 20.9. The van der Waals surface area contributed by atoms with Crippen molar-refractivity contribution in [3.63, 3.8) is 0 Å². The summed E-state index contributed by atoms with van der Waals surface area (Å²) in [4.78, 5) is 8.91. The Morgan fingerprint density at radius 3 is 2.83 bits per heavy atom. The van der Waals surface area contributed by atoms with Crippen LogP contribution in [0.2, 0.25) is 0 Å². The van der Waals surface area contributed by atoms with Crippen LogP contribution in [0.1, 0.15) is 44.4 Å². The Balaban J connectivity index is 1.58. The summed E-state index contributed by atoms with van der Waals surface area (Å²) >= 11 is 0. The first-order valence-corrected chi connectivity index (χ1v) is 10.0. The van der Waals surface area contributed by atoms with Gasteiger partial charge in [0.25, 0.3) is 0 Å². The SMILES string of the molecule is CN=C(NCc1ccccc1OC(C)(C)C)NC1CCc2nc(COC)nn2C1. The predicted octanol–water partition coefficient (Wildman–Crippen LogP) is 2.28. The summed E-state index contributed by atoms with van der Waals surface area (Å²) in [6, 6.07) is 8.33. The number of hydrogen-bond donors (Lipinski definition) is 2. The fraction of sp³-hybridized carbons (Fsp3) is 0.571. The molecule has 1 atom stereocenters. The summed E-state index contributed by atoms with van der Waals surface area (Å²) in [6.07, 6.45) is 1.86. The van der Waals surface area contributed by atoms with E-state index in [4.69, 9.17) is 9.47 Å². The number of guanidine groups is 1. The molecular formula is C21H32N6O2. The molecule has 0 bridgehead atoms. The van der Waals surface area contributed by atoms with E-state index in [2.05, 4.69) is 52.5 Å². The van der Waals surface area contributed by atoms with E-state index in [1.807, 2.05) is 22.9 Å². The molecule has 1 unspecified atom stereocenters. The molecule has 0 spiro atoms. The van der Waals surface area contributed by atoms with Gasteiger partial charge in [-0.15, -0.1) is 0 Å². The highest BCUT2D eigenvalue weighted by atomic mass is 16.5. The van der Waals surface area contributed by atoms with Crippen LogP contribution < -0.4 is 15.4 Å². The van der Waals surface area contributed by atoms with Crippen LogP contribution in [0.5, 0.6) is 5.75 Å². The van der Waals surface area contributed by atoms with Crippen molar-refractivity contribution in [3.8, 4) is 5.75 Å². The topological polar surface area (TPSA) is 85.6 Å². The molecule has 0 amide bonds. The normalized spacial score (nSPS) is 17.0. The lowest BCUT2D eigenvalue weighted by atomic mass is 10.1. The summed E-state index contributed by atoms with van der Waals surface area (Å²) < 4.78 is 13.2. The summed E-state index contributed by atoms with van der Waals surface area (Å²) in [6.45, 7) is 7.99. The van der Waals surface area contributed by atoms with Crippen molar-refractivity contribution in [1.29, 1.82) is 0 Å². The fourth-order valence-corrected chi connectivity index (χ4v) is 3.31. The maximum atomic E-state index is 6.08. The molecular weight excluding hydrogens is 368 g/mol. The number of aromatic nitrogens is 3. The predicted molar refractivity (Wildman–Crippen MR) is 113 cm³/mol.